The van der Waals surface area contributed by atoms with E-state index in [0.717, 1.165) is 23.3 Å². The van der Waals surface area contributed by atoms with Gasteiger partial charge >= 0.3 is 0 Å². The van der Waals surface area contributed by atoms with Crippen LogP contribution in [0, 0.1) is 6.92 Å². The molecule has 0 radical (unpaired) electrons. The van der Waals surface area contributed by atoms with Crippen LogP contribution in [0.25, 0.3) is 6.08 Å². The van der Waals surface area contributed by atoms with Crippen LogP contribution in [0.2, 0.25) is 0 Å². The molecular weight excluding hydrogens is 220 g/mol. The number of thioether (sulfide) groups is 1. The van der Waals surface area contributed by atoms with E-state index in [4.69, 9.17) is 0 Å². The Labute approximate surface area is 100 Å². The summed E-state index contributed by atoms with van der Waals surface area (Å²) < 4.78 is 0. The first kappa shape index (κ1) is 12.8. The van der Waals surface area contributed by atoms with Crippen LogP contribution >= 0.6 is 11.8 Å². The number of carbonyl (C=O) groups excluding carboxylic acids is 1. The molecule has 0 amide bonds. The molecule has 0 heterocycles. The average Bonchev–Trinajstić information content (AvgIpc) is 2.22. The van der Waals surface area contributed by atoms with Crippen molar-refractivity contribution in [3.8, 4) is 5.75 Å². The number of allylic oxidation sites excluding steroid dienone is 1. The van der Waals surface area contributed by atoms with E-state index in [0.29, 0.717) is 0 Å². The maximum Gasteiger partial charge on any atom is 0.185 e. The summed E-state index contributed by atoms with van der Waals surface area (Å²) in [6, 6.07) is 5.31. The number of aromatic hydroxyl groups is 1. The summed E-state index contributed by atoms with van der Waals surface area (Å²) in [6.07, 6.45) is 4.87. The van der Waals surface area contributed by atoms with Gasteiger partial charge in [-0.3, -0.25) is 4.79 Å². The van der Waals surface area contributed by atoms with Crippen molar-refractivity contribution in [2.45, 2.75) is 20.3 Å². The number of phenols is 1. The number of carbonyl (C=O) groups is 1. The van der Waals surface area contributed by atoms with Crippen LogP contribution in [-0.2, 0) is 4.79 Å². The van der Waals surface area contributed by atoms with Gasteiger partial charge in [-0.1, -0.05) is 30.0 Å². The van der Waals surface area contributed by atoms with E-state index in [1.54, 1.807) is 19.1 Å². The summed E-state index contributed by atoms with van der Waals surface area (Å²) in [4.78, 5) is 10.7. The Kier molecular flexibility index (Phi) is 5.12. The number of hydrogen-bond donors (Lipinski definition) is 1. The van der Waals surface area contributed by atoms with E-state index in [1.165, 1.54) is 11.8 Å². The fourth-order valence-electron chi connectivity index (χ4n) is 1.29. The number of rotatable bonds is 4. The second kappa shape index (κ2) is 6.38. The predicted octanol–water partition coefficient (Wildman–Crippen LogP) is 3.38. The summed E-state index contributed by atoms with van der Waals surface area (Å²) in [6.45, 7) is 3.58. The summed E-state index contributed by atoms with van der Waals surface area (Å²) in [5.41, 5.74) is 2.15. The smallest absolute Gasteiger partial charge is 0.185 e. The lowest BCUT2D eigenvalue weighted by Gasteiger charge is -2.00. The molecule has 1 aromatic rings. The number of aryl methyl sites for hydroxylation is 1. The van der Waals surface area contributed by atoms with E-state index in [9.17, 15) is 9.90 Å². The van der Waals surface area contributed by atoms with Crippen LogP contribution < -0.4 is 0 Å². The lowest BCUT2D eigenvalue weighted by Crippen LogP contribution is -1.84. The molecule has 2 nitrogen and oxygen atoms in total. The largest absolute Gasteiger partial charge is 0.508 e. The summed E-state index contributed by atoms with van der Waals surface area (Å²) in [7, 11) is 0. The molecule has 1 N–H and O–H groups in total. The Morgan fingerprint density at radius 1 is 1.50 bits per heavy atom. The second-order valence-electron chi connectivity index (χ2n) is 3.57. The van der Waals surface area contributed by atoms with E-state index < -0.39 is 0 Å². The maximum absolute atomic E-state index is 10.7. The molecule has 1 aromatic carbocycles. The van der Waals surface area contributed by atoms with Gasteiger partial charge in [0.15, 0.2) is 5.12 Å². The van der Waals surface area contributed by atoms with Crippen molar-refractivity contribution in [1.29, 1.82) is 0 Å². The van der Waals surface area contributed by atoms with Crippen molar-refractivity contribution in [3.05, 3.63) is 35.4 Å². The average molecular weight is 236 g/mol. The Morgan fingerprint density at radius 3 is 2.94 bits per heavy atom. The monoisotopic (exact) mass is 236 g/mol. The first-order chi connectivity index (χ1) is 7.59. The van der Waals surface area contributed by atoms with Crippen LogP contribution in [0.15, 0.2) is 24.3 Å². The van der Waals surface area contributed by atoms with Gasteiger partial charge in [0, 0.05) is 12.7 Å². The molecule has 0 aliphatic carbocycles. The highest BCUT2D eigenvalue weighted by molar-refractivity contribution is 8.13. The highest BCUT2D eigenvalue weighted by Gasteiger charge is 1.95. The van der Waals surface area contributed by atoms with Crippen molar-refractivity contribution in [3.63, 3.8) is 0 Å². The fourth-order valence-corrected chi connectivity index (χ4v) is 1.83. The molecule has 0 bridgehead atoms. The molecule has 0 fully saturated rings. The van der Waals surface area contributed by atoms with Crippen LogP contribution in [0.5, 0.6) is 5.75 Å². The molecule has 0 aliphatic rings. The minimum Gasteiger partial charge on any atom is -0.508 e. The van der Waals surface area contributed by atoms with Crippen LogP contribution in [-0.4, -0.2) is 16.0 Å². The first-order valence-electron chi connectivity index (χ1n) is 5.19. The SMILES string of the molecule is CC(=O)SCCC=Cc1cc(O)ccc1C. The summed E-state index contributed by atoms with van der Waals surface area (Å²) >= 11 is 1.33. The highest BCUT2D eigenvalue weighted by atomic mass is 32.2. The van der Waals surface area contributed by atoms with Gasteiger partial charge in [-0.15, -0.1) is 0 Å². The Hall–Kier alpha value is -1.22. The zero-order valence-corrected chi connectivity index (χ0v) is 10.4. The minimum absolute atomic E-state index is 0.155. The van der Waals surface area contributed by atoms with E-state index in [2.05, 4.69) is 0 Å². The predicted molar refractivity (Wildman–Crippen MR) is 69.6 cm³/mol. The maximum atomic E-state index is 10.7. The van der Waals surface area contributed by atoms with Crippen LogP contribution in [0.3, 0.4) is 0 Å². The van der Waals surface area contributed by atoms with Gasteiger partial charge < -0.3 is 5.11 Å². The molecule has 3 heteroatoms. The zero-order valence-electron chi connectivity index (χ0n) is 9.56. The molecule has 0 aromatic heterocycles. The van der Waals surface area contributed by atoms with E-state index in [-0.39, 0.29) is 10.9 Å². The molecule has 16 heavy (non-hydrogen) atoms. The molecule has 0 spiro atoms. The van der Waals surface area contributed by atoms with Crippen molar-refractivity contribution >= 4 is 23.0 Å². The molecule has 1 rings (SSSR count). The van der Waals surface area contributed by atoms with Gasteiger partial charge in [0.1, 0.15) is 5.75 Å². The lowest BCUT2D eigenvalue weighted by atomic mass is 10.1. The molecule has 0 atom stereocenters. The van der Waals surface area contributed by atoms with E-state index in [1.807, 2.05) is 25.1 Å². The third kappa shape index (κ3) is 4.53. The van der Waals surface area contributed by atoms with Crippen LogP contribution in [0.1, 0.15) is 24.5 Å². The number of benzene rings is 1. The van der Waals surface area contributed by atoms with Gasteiger partial charge in [0.2, 0.25) is 0 Å². The quantitative estimate of drug-likeness (QED) is 0.814. The summed E-state index contributed by atoms with van der Waals surface area (Å²) in [5, 5.41) is 9.48. The zero-order chi connectivity index (χ0) is 12.0. The normalized spacial score (nSPS) is 10.9. The molecule has 0 aliphatic heterocycles. The van der Waals surface area contributed by atoms with Crippen molar-refractivity contribution in [2.75, 3.05) is 5.75 Å². The van der Waals surface area contributed by atoms with Gasteiger partial charge in [0.05, 0.1) is 0 Å². The van der Waals surface area contributed by atoms with E-state index >= 15 is 0 Å². The van der Waals surface area contributed by atoms with Crippen molar-refractivity contribution in [1.82, 2.24) is 0 Å². The molecule has 0 unspecified atom stereocenters. The van der Waals surface area contributed by atoms with Crippen LogP contribution in [0.4, 0.5) is 0 Å². The number of hydrogen-bond acceptors (Lipinski definition) is 3. The first-order valence-corrected chi connectivity index (χ1v) is 6.17. The Bertz CT molecular complexity index is 397. The van der Waals surface area contributed by atoms with Crippen molar-refractivity contribution < 1.29 is 9.90 Å². The third-order valence-electron chi connectivity index (χ3n) is 2.15. The Balaban J connectivity index is 2.49. The van der Waals surface area contributed by atoms with Gasteiger partial charge in [0.25, 0.3) is 0 Å². The van der Waals surface area contributed by atoms with Crippen molar-refractivity contribution in [2.24, 2.45) is 0 Å². The third-order valence-corrected chi connectivity index (χ3v) is 3.00. The Morgan fingerprint density at radius 2 is 2.25 bits per heavy atom. The van der Waals surface area contributed by atoms with Gasteiger partial charge in [-0.2, -0.15) is 0 Å². The second-order valence-corrected chi connectivity index (χ2v) is 4.84. The van der Waals surface area contributed by atoms with Gasteiger partial charge in [-0.25, -0.2) is 0 Å². The molecule has 0 saturated heterocycles. The fraction of sp³-hybridized carbons (Fsp3) is 0.308. The summed E-state index contributed by atoms with van der Waals surface area (Å²) in [5.74, 6) is 1.09. The lowest BCUT2D eigenvalue weighted by molar-refractivity contribution is -0.109. The molecular formula is C13H16O2S. The van der Waals surface area contributed by atoms with Gasteiger partial charge in [-0.05, 0) is 36.6 Å². The number of phenolic OH excluding ortho intramolecular Hbond substituents is 1. The molecule has 0 saturated carbocycles. The topological polar surface area (TPSA) is 37.3 Å². The molecule has 86 valence electrons. The minimum atomic E-state index is 0.155. The standard InChI is InChI=1S/C13H16O2S/c1-10-6-7-13(15)9-12(10)5-3-4-8-16-11(2)14/h3,5-7,9,15H,4,8H2,1-2H3. The highest BCUT2D eigenvalue weighted by Crippen LogP contribution is 2.17.